The number of amides is 2. The first-order chi connectivity index (χ1) is 18.5. The van der Waals surface area contributed by atoms with E-state index in [0.717, 1.165) is 16.2 Å². The van der Waals surface area contributed by atoms with Crippen molar-refractivity contribution < 1.29 is 39.3 Å². The number of anilines is 1. The number of carbonyl (C=O) groups is 4. The molecule has 0 radical (unpaired) electrons. The quantitative estimate of drug-likeness (QED) is 0.143. The number of aryl methyl sites for hydroxylation is 1. The number of hydrogen-bond acceptors (Lipinski definition) is 12. The van der Waals surface area contributed by atoms with E-state index in [1.807, 2.05) is 0 Å². The number of nitrogens with two attached hydrogens (primary N) is 1. The number of aliphatic carboxylic acids is 2. The van der Waals surface area contributed by atoms with Gasteiger partial charge in [0.1, 0.15) is 22.8 Å². The highest BCUT2D eigenvalue weighted by Gasteiger charge is 2.54. The second-order valence-electron chi connectivity index (χ2n) is 8.11. The Labute approximate surface area is 226 Å². The third kappa shape index (κ3) is 5.63. The number of carboxylic acids is 2. The summed E-state index contributed by atoms with van der Waals surface area (Å²) in [6, 6.07) is 0.0715. The summed E-state index contributed by atoms with van der Waals surface area (Å²) in [5, 5.41) is 35.0. The molecule has 2 atom stereocenters. The van der Waals surface area contributed by atoms with Gasteiger partial charge in [-0.1, -0.05) is 11.2 Å². The Hall–Kier alpha value is -4.64. The van der Waals surface area contributed by atoms with Gasteiger partial charge in [-0.3, -0.25) is 19.3 Å². The summed E-state index contributed by atoms with van der Waals surface area (Å²) in [7, 11) is 1.59. The van der Waals surface area contributed by atoms with Gasteiger partial charge in [0, 0.05) is 36.1 Å². The number of fused-ring (bicyclic) bond motifs is 1. The lowest BCUT2D eigenvalue weighted by molar-refractivity contribution is -0.150. The molecule has 2 amide bonds. The minimum atomic E-state index is -1.36. The number of pyridine rings is 1. The van der Waals surface area contributed by atoms with Crippen molar-refractivity contribution in [2.75, 3.05) is 18.1 Å². The van der Waals surface area contributed by atoms with Gasteiger partial charge in [0.05, 0.1) is 0 Å². The molecule has 2 aliphatic heterocycles. The maximum atomic E-state index is 13.0. The van der Waals surface area contributed by atoms with E-state index in [4.69, 9.17) is 10.8 Å². The van der Waals surface area contributed by atoms with Crippen LogP contribution >= 0.6 is 23.1 Å². The number of allylic oxidation sites excluding steroid dienone is 1. The monoisotopic (exact) mass is 576 g/mol. The topological polar surface area (TPSA) is 227 Å². The number of aromatic nitrogens is 2. The zero-order valence-electron chi connectivity index (χ0n) is 19.9. The predicted octanol–water partition coefficient (Wildman–Crippen LogP) is -0.613. The molecule has 1 fully saturated rings. The Morgan fingerprint density at radius 3 is 2.69 bits per heavy atom. The van der Waals surface area contributed by atoms with Gasteiger partial charge in [0.15, 0.2) is 16.6 Å². The standard InChI is InChI=1S/C22H20N6O9S2/c1-27-5-13(30)12(29)4-10(27)3-2-9-7-38-20-16(19(34)28(20)17(9)21(35)36)25-18(33)15(26-37-6-14(31)32)11-8-39-22(23)24-11/h2-5,8,16,20,30H,6-7H2,1H3,(H2,23,24)(H,25,33)(H,31,32)(H,35,36)/t16-,20-/m1/s1. The van der Waals surface area contributed by atoms with Crippen molar-refractivity contribution in [1.29, 1.82) is 0 Å². The fourth-order valence-corrected chi connectivity index (χ4v) is 5.58. The van der Waals surface area contributed by atoms with Crippen LogP contribution in [-0.2, 0) is 31.1 Å². The molecule has 0 unspecified atom stereocenters. The van der Waals surface area contributed by atoms with Gasteiger partial charge in [0.25, 0.3) is 11.8 Å². The van der Waals surface area contributed by atoms with Crippen LogP contribution in [0.15, 0.2) is 44.9 Å². The Balaban J connectivity index is 1.55. The number of thiazole rings is 1. The minimum Gasteiger partial charge on any atom is -0.503 e. The average Bonchev–Trinajstić information content (AvgIpc) is 3.31. The van der Waals surface area contributed by atoms with Crippen LogP contribution in [0, 0.1) is 0 Å². The first-order valence-electron chi connectivity index (χ1n) is 10.9. The molecular formula is C22H20N6O9S2. The maximum Gasteiger partial charge on any atom is 0.352 e. The molecule has 2 aromatic rings. The van der Waals surface area contributed by atoms with Crippen molar-refractivity contribution >= 4 is 63.8 Å². The van der Waals surface area contributed by atoms with E-state index in [9.17, 15) is 34.2 Å². The van der Waals surface area contributed by atoms with Gasteiger partial charge in [-0.25, -0.2) is 14.6 Å². The zero-order chi connectivity index (χ0) is 28.4. The van der Waals surface area contributed by atoms with Gasteiger partial charge in [-0.15, -0.1) is 23.1 Å². The number of nitrogen functional groups attached to an aromatic ring is 1. The number of β-lactam (4-membered cyclic amide) rings is 1. The summed E-state index contributed by atoms with van der Waals surface area (Å²) in [5.41, 5.74) is 5.01. The summed E-state index contributed by atoms with van der Waals surface area (Å²) in [6.07, 6.45) is 4.18. The lowest BCUT2D eigenvalue weighted by Gasteiger charge is -2.49. The summed E-state index contributed by atoms with van der Waals surface area (Å²) < 4.78 is 1.47. The van der Waals surface area contributed by atoms with Crippen LogP contribution in [-0.4, -0.2) is 83.0 Å². The predicted molar refractivity (Wildman–Crippen MR) is 139 cm³/mol. The van der Waals surface area contributed by atoms with Crippen molar-refractivity contribution in [3.63, 3.8) is 0 Å². The smallest absolute Gasteiger partial charge is 0.352 e. The fraction of sp³-hybridized carbons (Fsp3) is 0.227. The average molecular weight is 577 g/mol. The van der Waals surface area contributed by atoms with Crippen molar-refractivity contribution in [3.05, 3.63) is 56.6 Å². The number of carbonyl (C=O) groups excluding carboxylic acids is 2. The third-order valence-corrected chi connectivity index (χ3v) is 7.50. The van der Waals surface area contributed by atoms with Crippen LogP contribution in [0.3, 0.4) is 0 Å². The summed E-state index contributed by atoms with van der Waals surface area (Å²) in [5.74, 6) is -4.55. The third-order valence-electron chi connectivity index (χ3n) is 5.52. The summed E-state index contributed by atoms with van der Waals surface area (Å²) >= 11 is 2.20. The van der Waals surface area contributed by atoms with Crippen LogP contribution in [0.1, 0.15) is 11.4 Å². The highest BCUT2D eigenvalue weighted by atomic mass is 32.2. The van der Waals surface area contributed by atoms with Crippen LogP contribution in [0.4, 0.5) is 5.13 Å². The van der Waals surface area contributed by atoms with E-state index < -0.39 is 58.7 Å². The van der Waals surface area contributed by atoms with E-state index >= 15 is 0 Å². The number of oxime groups is 1. The van der Waals surface area contributed by atoms with Gasteiger partial charge >= 0.3 is 11.9 Å². The SMILES string of the molecule is Cn1cc(O)c(=O)cc1C=CC1=C(C(=O)O)N2C(=O)[C@@H](NC(=O)C(=NOCC(=O)O)c3csc(N)n3)[C@H]2SC1. The fourth-order valence-electron chi connectivity index (χ4n) is 3.72. The van der Waals surface area contributed by atoms with E-state index in [1.54, 1.807) is 7.05 Å². The van der Waals surface area contributed by atoms with E-state index in [0.29, 0.717) is 11.3 Å². The van der Waals surface area contributed by atoms with Crippen molar-refractivity contribution in [3.8, 4) is 5.75 Å². The van der Waals surface area contributed by atoms with E-state index in [1.165, 1.54) is 46.1 Å². The molecule has 17 heteroatoms. The van der Waals surface area contributed by atoms with E-state index in [-0.39, 0.29) is 22.3 Å². The minimum absolute atomic E-state index is 0.00231. The number of thioether (sulfide) groups is 1. The van der Waals surface area contributed by atoms with E-state index in [2.05, 4.69) is 20.3 Å². The number of rotatable bonds is 9. The van der Waals surface area contributed by atoms with Crippen molar-refractivity contribution in [2.24, 2.45) is 12.2 Å². The molecule has 0 spiro atoms. The molecule has 0 saturated carbocycles. The first kappa shape index (κ1) is 27.4. The Kier molecular flexibility index (Phi) is 7.73. The Bertz CT molecular complexity index is 1530. The molecule has 0 aromatic carbocycles. The molecule has 4 rings (SSSR count). The molecule has 6 N–H and O–H groups in total. The number of nitrogens with one attached hydrogen (secondary N) is 1. The van der Waals surface area contributed by atoms with Crippen LogP contribution in [0.25, 0.3) is 6.08 Å². The highest BCUT2D eigenvalue weighted by Crippen LogP contribution is 2.40. The maximum absolute atomic E-state index is 13.0. The molecule has 0 bridgehead atoms. The molecule has 4 heterocycles. The van der Waals surface area contributed by atoms with Gasteiger partial charge in [0.2, 0.25) is 12.0 Å². The number of hydrogen-bond donors (Lipinski definition) is 5. The largest absolute Gasteiger partial charge is 0.503 e. The molecule has 204 valence electrons. The van der Waals surface area contributed by atoms with Crippen LogP contribution < -0.4 is 16.5 Å². The summed E-state index contributed by atoms with van der Waals surface area (Å²) in [4.78, 5) is 70.2. The molecule has 0 aliphatic carbocycles. The second-order valence-corrected chi connectivity index (χ2v) is 10.1. The van der Waals surface area contributed by atoms with Gasteiger partial charge in [-0.05, 0) is 11.6 Å². The molecule has 15 nitrogen and oxygen atoms in total. The number of carboxylic acid groups (broad SMARTS) is 2. The molecule has 2 aromatic heterocycles. The lowest BCUT2D eigenvalue weighted by atomic mass is 10.0. The number of nitrogens with zero attached hydrogens (tertiary/aromatic N) is 4. The van der Waals surface area contributed by atoms with Crippen LogP contribution in [0.5, 0.6) is 5.75 Å². The molecule has 39 heavy (non-hydrogen) atoms. The Morgan fingerprint density at radius 1 is 1.31 bits per heavy atom. The van der Waals surface area contributed by atoms with Gasteiger partial charge < -0.3 is 35.8 Å². The van der Waals surface area contributed by atoms with Gasteiger partial charge in [-0.2, -0.15) is 0 Å². The lowest BCUT2D eigenvalue weighted by Crippen LogP contribution is -2.71. The second kappa shape index (κ2) is 11.0. The molecule has 1 saturated heterocycles. The first-order valence-corrected chi connectivity index (χ1v) is 12.8. The molecular weight excluding hydrogens is 556 g/mol. The highest BCUT2D eigenvalue weighted by molar-refractivity contribution is 8.00. The Morgan fingerprint density at radius 2 is 2.05 bits per heavy atom. The van der Waals surface area contributed by atoms with Crippen LogP contribution in [0.2, 0.25) is 0 Å². The van der Waals surface area contributed by atoms with Crippen molar-refractivity contribution in [1.82, 2.24) is 19.8 Å². The molecule has 2 aliphatic rings. The number of aromatic hydroxyl groups is 1. The summed E-state index contributed by atoms with van der Waals surface area (Å²) in [6.45, 7) is -0.827. The normalized spacial score (nSPS) is 19.1. The zero-order valence-corrected chi connectivity index (χ0v) is 21.6. The van der Waals surface area contributed by atoms with Crippen molar-refractivity contribution in [2.45, 2.75) is 11.4 Å².